The van der Waals surface area contributed by atoms with E-state index in [-0.39, 0.29) is 44.8 Å². The first-order valence-corrected chi connectivity index (χ1v) is 11.9. The summed E-state index contributed by atoms with van der Waals surface area (Å²) in [6.07, 6.45) is -3.68. The number of carbonyl (C=O) groups is 2. The lowest BCUT2D eigenvalue weighted by molar-refractivity contribution is -0.153. The highest BCUT2D eigenvalue weighted by Gasteiger charge is 2.30. The highest BCUT2D eigenvalue weighted by molar-refractivity contribution is 6.34. The van der Waals surface area contributed by atoms with E-state index in [4.69, 9.17) is 27.9 Å². The van der Waals surface area contributed by atoms with Crippen LogP contribution in [0.2, 0.25) is 10.0 Å². The molecule has 2 amide bonds. The summed E-state index contributed by atoms with van der Waals surface area (Å²) < 4.78 is 58.0. The van der Waals surface area contributed by atoms with Crippen LogP contribution < -0.4 is 10.1 Å². The molecule has 2 N–H and O–H groups in total. The summed E-state index contributed by atoms with van der Waals surface area (Å²) in [6, 6.07) is 8.84. The van der Waals surface area contributed by atoms with E-state index in [9.17, 15) is 32.3 Å². The van der Waals surface area contributed by atoms with Gasteiger partial charge in [-0.15, -0.1) is 0 Å². The molecule has 7 nitrogen and oxygen atoms in total. The van der Waals surface area contributed by atoms with Gasteiger partial charge in [0.2, 0.25) is 0 Å². The number of amides is 2. The number of aliphatic hydroxyl groups is 1. The van der Waals surface area contributed by atoms with Crippen LogP contribution in [-0.2, 0) is 0 Å². The zero-order valence-corrected chi connectivity index (χ0v) is 20.9. The summed E-state index contributed by atoms with van der Waals surface area (Å²) in [5.41, 5.74) is -0.145. The number of hydrogen-bond donors (Lipinski definition) is 2. The first-order valence-electron chi connectivity index (χ1n) is 11.1. The fourth-order valence-electron chi connectivity index (χ4n) is 3.84. The van der Waals surface area contributed by atoms with E-state index in [0.29, 0.717) is 13.0 Å². The topological polar surface area (TPSA) is 91.8 Å². The van der Waals surface area contributed by atoms with Crippen molar-refractivity contribution in [2.24, 2.45) is 0 Å². The lowest BCUT2D eigenvalue weighted by atomic mass is 10.0. The monoisotopic (exact) mass is 571 g/mol. The van der Waals surface area contributed by atoms with Crippen LogP contribution in [0.3, 0.4) is 0 Å². The molecule has 0 bridgehead atoms. The number of halogens is 6. The van der Waals surface area contributed by atoms with Gasteiger partial charge in [0.1, 0.15) is 17.3 Å². The molecule has 200 valence electrons. The largest absolute Gasteiger partial charge is 0.482 e. The number of likely N-dealkylation sites (tertiary alicyclic amines) is 1. The number of nitrogens with one attached hydrogen (secondary N) is 1. The van der Waals surface area contributed by atoms with Crippen molar-refractivity contribution in [3.8, 4) is 16.9 Å². The molecule has 3 aromatic rings. The third-order valence-electron chi connectivity index (χ3n) is 5.65. The normalized spacial score (nSPS) is 15.4. The molecule has 38 heavy (non-hydrogen) atoms. The molecule has 2 heterocycles. The quantitative estimate of drug-likeness (QED) is 0.376. The number of β-amino-alcohol motifs (C(OH)–C–C–N with tert-alkyl or cyclic N) is 1. The second-order valence-corrected chi connectivity index (χ2v) is 9.22. The van der Waals surface area contributed by atoms with Gasteiger partial charge in [-0.05, 0) is 42.3 Å². The standard InChI is InChI=1S/C25H19Cl2F4N3O4/c26-16-2-1-3-18(28)22(16)23(36)33-19-5-4-13(8-21(19)38-12-25(29,30)31)15-9-20(32-10-17(15)27)24(37)34-7-6-14(35)11-34/h1-5,8-10,14,35H,6-7,11-12H2,(H,33,36)/t14-/m1/s1. The van der Waals surface area contributed by atoms with Crippen LogP contribution in [0.5, 0.6) is 5.75 Å². The van der Waals surface area contributed by atoms with Crippen molar-refractivity contribution >= 4 is 40.7 Å². The van der Waals surface area contributed by atoms with Crippen LogP contribution in [0.4, 0.5) is 23.2 Å². The van der Waals surface area contributed by atoms with Crippen molar-refractivity contribution in [3.05, 3.63) is 75.8 Å². The van der Waals surface area contributed by atoms with Gasteiger partial charge in [-0.25, -0.2) is 9.37 Å². The fourth-order valence-corrected chi connectivity index (χ4v) is 4.30. The van der Waals surface area contributed by atoms with E-state index in [1.54, 1.807) is 0 Å². The van der Waals surface area contributed by atoms with Gasteiger partial charge < -0.3 is 20.1 Å². The predicted molar refractivity (Wildman–Crippen MR) is 132 cm³/mol. The van der Waals surface area contributed by atoms with Gasteiger partial charge >= 0.3 is 6.18 Å². The summed E-state index contributed by atoms with van der Waals surface area (Å²) in [7, 11) is 0. The Balaban J connectivity index is 1.69. The van der Waals surface area contributed by atoms with Gasteiger partial charge in [-0.3, -0.25) is 9.59 Å². The van der Waals surface area contributed by atoms with Gasteiger partial charge in [0, 0.05) is 24.8 Å². The molecule has 1 saturated heterocycles. The van der Waals surface area contributed by atoms with Crippen LogP contribution >= 0.6 is 23.2 Å². The first kappa shape index (κ1) is 27.6. The molecule has 1 aromatic heterocycles. The van der Waals surface area contributed by atoms with Crippen LogP contribution in [0, 0.1) is 5.82 Å². The third kappa shape index (κ3) is 6.35. The third-order valence-corrected chi connectivity index (χ3v) is 6.26. The van der Waals surface area contributed by atoms with E-state index in [2.05, 4.69) is 10.3 Å². The highest BCUT2D eigenvalue weighted by atomic mass is 35.5. The van der Waals surface area contributed by atoms with Crippen LogP contribution in [0.15, 0.2) is 48.7 Å². The average molecular weight is 572 g/mol. The van der Waals surface area contributed by atoms with Crippen molar-refractivity contribution in [2.75, 3.05) is 25.0 Å². The van der Waals surface area contributed by atoms with E-state index in [1.807, 2.05) is 0 Å². The second-order valence-electron chi connectivity index (χ2n) is 8.41. The minimum atomic E-state index is -4.69. The zero-order chi connectivity index (χ0) is 27.6. The van der Waals surface area contributed by atoms with Gasteiger partial charge in [0.05, 0.1) is 27.4 Å². The lowest BCUT2D eigenvalue weighted by Crippen LogP contribution is -2.30. The number of alkyl halides is 3. The Hall–Kier alpha value is -3.41. The summed E-state index contributed by atoms with van der Waals surface area (Å²) in [6.45, 7) is -1.19. The molecule has 2 aromatic carbocycles. The number of hydrogen-bond acceptors (Lipinski definition) is 5. The van der Waals surface area contributed by atoms with E-state index in [0.717, 1.165) is 6.07 Å². The zero-order valence-electron chi connectivity index (χ0n) is 19.4. The van der Waals surface area contributed by atoms with Crippen LogP contribution in [0.1, 0.15) is 27.3 Å². The maximum Gasteiger partial charge on any atom is 0.422 e. The molecule has 1 aliphatic rings. The summed E-state index contributed by atoms with van der Waals surface area (Å²) in [4.78, 5) is 31.0. The molecule has 0 aliphatic carbocycles. The van der Waals surface area contributed by atoms with Crippen molar-refractivity contribution in [1.29, 1.82) is 0 Å². The molecule has 13 heteroatoms. The Morgan fingerprint density at radius 3 is 2.58 bits per heavy atom. The average Bonchev–Trinajstić information content (AvgIpc) is 3.29. The molecule has 4 rings (SSSR count). The number of carbonyl (C=O) groups excluding carboxylic acids is 2. The molecular weight excluding hydrogens is 553 g/mol. The lowest BCUT2D eigenvalue weighted by Gasteiger charge is -2.17. The van der Waals surface area contributed by atoms with Crippen molar-refractivity contribution < 1.29 is 37.0 Å². The van der Waals surface area contributed by atoms with Crippen LogP contribution in [0.25, 0.3) is 11.1 Å². The number of pyridine rings is 1. The Kier molecular flexibility index (Phi) is 8.10. The Labute approximate surface area is 223 Å². The van der Waals surface area contributed by atoms with Gasteiger partial charge in [-0.2, -0.15) is 13.2 Å². The molecule has 0 saturated carbocycles. The van der Waals surface area contributed by atoms with Crippen molar-refractivity contribution in [2.45, 2.75) is 18.7 Å². The minimum absolute atomic E-state index is 0.0165. The second kappa shape index (κ2) is 11.1. The number of rotatable bonds is 6. The number of benzene rings is 2. The number of anilines is 1. The molecule has 0 unspecified atom stereocenters. The SMILES string of the molecule is O=C(Nc1ccc(-c2cc(C(=O)N3CC[C@@H](O)C3)ncc2Cl)cc1OCC(F)(F)F)c1c(F)cccc1Cl. The van der Waals surface area contributed by atoms with Crippen molar-refractivity contribution in [1.82, 2.24) is 9.88 Å². The summed E-state index contributed by atoms with van der Waals surface area (Å²) in [5, 5.41) is 11.9. The van der Waals surface area contributed by atoms with E-state index in [1.165, 1.54) is 47.5 Å². The molecule has 0 spiro atoms. The summed E-state index contributed by atoms with van der Waals surface area (Å²) >= 11 is 12.2. The Bertz CT molecular complexity index is 1370. The number of nitrogens with zero attached hydrogens (tertiary/aromatic N) is 2. The number of aliphatic hydroxyl groups excluding tert-OH is 1. The molecule has 1 fully saturated rings. The fraction of sp³-hybridized carbons (Fsp3) is 0.240. The smallest absolute Gasteiger partial charge is 0.422 e. The van der Waals surface area contributed by atoms with Gasteiger partial charge in [0.15, 0.2) is 6.61 Å². The molecule has 1 aliphatic heterocycles. The molecular formula is C25H19Cl2F4N3O4. The number of ether oxygens (including phenoxy) is 1. The maximum absolute atomic E-state index is 14.2. The minimum Gasteiger partial charge on any atom is -0.482 e. The first-order chi connectivity index (χ1) is 17.9. The van der Waals surface area contributed by atoms with Gasteiger partial charge in [0.25, 0.3) is 11.8 Å². The predicted octanol–water partition coefficient (Wildman–Crippen LogP) is 5.59. The molecule has 1 atom stereocenters. The van der Waals surface area contributed by atoms with Crippen molar-refractivity contribution in [3.63, 3.8) is 0 Å². The summed E-state index contributed by atoms with van der Waals surface area (Å²) in [5.74, 6) is -2.75. The van der Waals surface area contributed by atoms with Crippen LogP contribution in [-0.4, -0.2) is 58.8 Å². The highest BCUT2D eigenvalue weighted by Crippen LogP contribution is 2.36. The maximum atomic E-state index is 14.2. The van der Waals surface area contributed by atoms with E-state index >= 15 is 0 Å². The molecule has 0 radical (unpaired) electrons. The Morgan fingerprint density at radius 2 is 1.92 bits per heavy atom. The van der Waals surface area contributed by atoms with Gasteiger partial charge in [-0.1, -0.05) is 35.3 Å². The Morgan fingerprint density at radius 1 is 1.16 bits per heavy atom. The number of aromatic nitrogens is 1. The van der Waals surface area contributed by atoms with E-state index < -0.39 is 42.1 Å².